The van der Waals surface area contributed by atoms with Crippen LogP contribution in [0, 0.1) is 4.77 Å². The van der Waals surface area contributed by atoms with Crippen LogP contribution in [0.2, 0.25) is 0 Å². The van der Waals surface area contributed by atoms with Gasteiger partial charge in [-0.3, -0.25) is 9.78 Å². The summed E-state index contributed by atoms with van der Waals surface area (Å²) in [5, 5.41) is 2.70. The maximum atomic E-state index is 10.9. The van der Waals surface area contributed by atoms with Gasteiger partial charge in [0, 0.05) is 13.2 Å². The predicted molar refractivity (Wildman–Crippen MR) is 41.8 cm³/mol. The van der Waals surface area contributed by atoms with Crippen LogP contribution in [0.5, 0.6) is 0 Å². The first-order valence-electron chi connectivity index (χ1n) is 2.74. The second-order valence-electron chi connectivity index (χ2n) is 1.74. The Balaban J connectivity index is 3.34. The van der Waals surface area contributed by atoms with Crippen LogP contribution < -0.4 is 10.9 Å². The van der Waals surface area contributed by atoms with E-state index in [-0.39, 0.29) is 5.56 Å². The van der Waals surface area contributed by atoms with Gasteiger partial charge in [0.15, 0.2) is 4.77 Å². The smallest absolute Gasteiger partial charge is 0.274 e. The van der Waals surface area contributed by atoms with Crippen molar-refractivity contribution in [1.82, 2.24) is 9.97 Å². The molecule has 0 aliphatic carbocycles. The standard InChI is InChI=1S/C5H7N3OS/c1-6-3-2-7-5(10)8-4(3)9/h2,6H,1H3,(H2,7,8,9,10). The molecular weight excluding hydrogens is 150 g/mol. The fourth-order valence-corrected chi connectivity index (χ4v) is 0.747. The van der Waals surface area contributed by atoms with Gasteiger partial charge < -0.3 is 10.3 Å². The maximum absolute atomic E-state index is 10.9. The van der Waals surface area contributed by atoms with Gasteiger partial charge in [-0.15, -0.1) is 0 Å². The molecule has 5 heteroatoms. The lowest BCUT2D eigenvalue weighted by atomic mass is 10.5. The molecule has 0 saturated carbocycles. The van der Waals surface area contributed by atoms with E-state index in [4.69, 9.17) is 0 Å². The summed E-state index contributed by atoms with van der Waals surface area (Å²) in [4.78, 5) is 16.0. The monoisotopic (exact) mass is 157 g/mol. The highest BCUT2D eigenvalue weighted by molar-refractivity contribution is 7.71. The first-order chi connectivity index (χ1) is 4.74. The molecular formula is C5H7N3OS. The van der Waals surface area contributed by atoms with Gasteiger partial charge >= 0.3 is 0 Å². The zero-order valence-electron chi connectivity index (χ0n) is 5.39. The number of hydrogen-bond acceptors (Lipinski definition) is 3. The van der Waals surface area contributed by atoms with Crippen molar-refractivity contribution in [2.45, 2.75) is 0 Å². The Morgan fingerprint density at radius 3 is 2.90 bits per heavy atom. The highest BCUT2D eigenvalue weighted by atomic mass is 32.1. The van der Waals surface area contributed by atoms with E-state index >= 15 is 0 Å². The first kappa shape index (κ1) is 7.01. The largest absolute Gasteiger partial charge is 0.382 e. The molecule has 0 radical (unpaired) electrons. The number of anilines is 1. The van der Waals surface area contributed by atoms with Crippen LogP contribution in [0.15, 0.2) is 11.0 Å². The number of H-pyrrole nitrogens is 2. The molecule has 0 saturated heterocycles. The van der Waals surface area contributed by atoms with E-state index in [0.717, 1.165) is 0 Å². The molecule has 1 aromatic rings. The summed E-state index contributed by atoms with van der Waals surface area (Å²) in [6.45, 7) is 0. The minimum Gasteiger partial charge on any atom is -0.382 e. The van der Waals surface area contributed by atoms with Gasteiger partial charge in [0.05, 0.1) is 0 Å². The molecule has 3 N–H and O–H groups in total. The molecule has 0 aromatic carbocycles. The average Bonchev–Trinajstić information content (AvgIpc) is 1.88. The SMILES string of the molecule is CNc1c[nH]c(=S)[nH]c1=O. The minimum atomic E-state index is -0.203. The molecule has 0 aliphatic heterocycles. The van der Waals surface area contributed by atoms with Crippen LogP contribution in [0.1, 0.15) is 0 Å². The predicted octanol–water partition coefficient (Wildman–Crippen LogP) is 0.474. The molecule has 0 aliphatic rings. The van der Waals surface area contributed by atoms with Gasteiger partial charge in [-0.25, -0.2) is 0 Å². The maximum Gasteiger partial charge on any atom is 0.274 e. The number of nitrogens with one attached hydrogen (secondary N) is 3. The number of hydrogen-bond donors (Lipinski definition) is 3. The van der Waals surface area contributed by atoms with E-state index in [2.05, 4.69) is 27.5 Å². The lowest BCUT2D eigenvalue weighted by Crippen LogP contribution is -2.11. The molecule has 1 heterocycles. The lowest BCUT2D eigenvalue weighted by Gasteiger charge is -1.94. The van der Waals surface area contributed by atoms with E-state index in [1.165, 1.54) is 6.20 Å². The van der Waals surface area contributed by atoms with Gasteiger partial charge in [0.25, 0.3) is 5.56 Å². The van der Waals surface area contributed by atoms with E-state index < -0.39 is 0 Å². The number of aromatic nitrogens is 2. The highest BCUT2D eigenvalue weighted by Gasteiger charge is 1.91. The van der Waals surface area contributed by atoms with E-state index in [1.54, 1.807) is 7.05 Å². The molecule has 0 amide bonds. The third kappa shape index (κ3) is 1.24. The summed E-state index contributed by atoms with van der Waals surface area (Å²) in [6, 6.07) is 0. The van der Waals surface area contributed by atoms with Crippen molar-refractivity contribution < 1.29 is 0 Å². The second-order valence-corrected chi connectivity index (χ2v) is 2.14. The normalized spacial score (nSPS) is 9.30. The quantitative estimate of drug-likeness (QED) is 0.519. The topological polar surface area (TPSA) is 60.7 Å². The van der Waals surface area contributed by atoms with Gasteiger partial charge in [0.2, 0.25) is 0 Å². The van der Waals surface area contributed by atoms with E-state index in [1.807, 2.05) is 0 Å². The van der Waals surface area contributed by atoms with Crippen LogP contribution in [-0.2, 0) is 0 Å². The fraction of sp³-hybridized carbons (Fsp3) is 0.200. The average molecular weight is 157 g/mol. The summed E-state index contributed by atoms with van der Waals surface area (Å²) in [5.74, 6) is 0. The Labute approximate surface area is 62.3 Å². The van der Waals surface area contributed by atoms with Crippen molar-refractivity contribution in [2.75, 3.05) is 12.4 Å². The molecule has 0 unspecified atom stereocenters. The van der Waals surface area contributed by atoms with Crippen LogP contribution in [0.4, 0.5) is 5.69 Å². The molecule has 10 heavy (non-hydrogen) atoms. The summed E-state index contributed by atoms with van der Waals surface area (Å²) in [7, 11) is 1.67. The Bertz CT molecular complexity index is 326. The first-order valence-corrected chi connectivity index (χ1v) is 3.14. The Kier molecular flexibility index (Phi) is 1.86. The Morgan fingerprint density at radius 1 is 1.70 bits per heavy atom. The second kappa shape index (κ2) is 2.66. The third-order valence-corrected chi connectivity index (χ3v) is 1.31. The van der Waals surface area contributed by atoms with Gasteiger partial charge in [-0.2, -0.15) is 0 Å². The summed E-state index contributed by atoms with van der Waals surface area (Å²) < 4.78 is 0.337. The molecule has 0 atom stereocenters. The molecule has 1 rings (SSSR count). The van der Waals surface area contributed by atoms with Crippen molar-refractivity contribution in [1.29, 1.82) is 0 Å². The Hall–Kier alpha value is -1.10. The number of aromatic amines is 2. The molecule has 54 valence electrons. The molecule has 0 bridgehead atoms. The highest BCUT2D eigenvalue weighted by Crippen LogP contribution is 1.89. The van der Waals surface area contributed by atoms with Gasteiger partial charge in [-0.05, 0) is 12.2 Å². The van der Waals surface area contributed by atoms with Gasteiger partial charge in [0.1, 0.15) is 5.69 Å². The van der Waals surface area contributed by atoms with E-state index in [0.29, 0.717) is 10.5 Å². The Morgan fingerprint density at radius 2 is 2.40 bits per heavy atom. The summed E-state index contributed by atoms with van der Waals surface area (Å²) >= 11 is 4.67. The zero-order chi connectivity index (χ0) is 7.56. The molecule has 1 aromatic heterocycles. The van der Waals surface area contributed by atoms with Crippen LogP contribution in [0.3, 0.4) is 0 Å². The minimum absolute atomic E-state index is 0.203. The van der Waals surface area contributed by atoms with Crippen LogP contribution in [0.25, 0.3) is 0 Å². The van der Waals surface area contributed by atoms with Crippen LogP contribution in [-0.4, -0.2) is 17.0 Å². The third-order valence-electron chi connectivity index (χ3n) is 1.09. The molecule has 0 spiro atoms. The van der Waals surface area contributed by atoms with Crippen LogP contribution >= 0.6 is 12.2 Å². The summed E-state index contributed by atoms with van der Waals surface area (Å²) in [6.07, 6.45) is 1.53. The molecule has 0 fully saturated rings. The lowest BCUT2D eigenvalue weighted by molar-refractivity contribution is 1.09. The van der Waals surface area contributed by atoms with Crippen molar-refractivity contribution in [3.8, 4) is 0 Å². The summed E-state index contributed by atoms with van der Waals surface area (Å²) in [5.41, 5.74) is 0.278. The molecule has 4 nitrogen and oxygen atoms in total. The number of rotatable bonds is 1. The fourth-order valence-electron chi connectivity index (χ4n) is 0.595. The van der Waals surface area contributed by atoms with Crippen molar-refractivity contribution in [3.63, 3.8) is 0 Å². The van der Waals surface area contributed by atoms with E-state index in [9.17, 15) is 4.79 Å². The van der Waals surface area contributed by atoms with Crippen molar-refractivity contribution in [2.24, 2.45) is 0 Å². The zero-order valence-corrected chi connectivity index (χ0v) is 6.21. The van der Waals surface area contributed by atoms with Crippen molar-refractivity contribution in [3.05, 3.63) is 21.3 Å². The van der Waals surface area contributed by atoms with Gasteiger partial charge in [-0.1, -0.05) is 0 Å². The van der Waals surface area contributed by atoms with Crippen molar-refractivity contribution >= 4 is 17.9 Å².